The molecule has 1 aromatic carbocycles. The van der Waals surface area contributed by atoms with Crippen LogP contribution >= 0.6 is 27.5 Å². The van der Waals surface area contributed by atoms with Crippen LogP contribution in [-0.2, 0) is 0 Å². The van der Waals surface area contributed by atoms with E-state index in [0.29, 0.717) is 17.0 Å². The van der Waals surface area contributed by atoms with Crippen molar-refractivity contribution in [3.05, 3.63) is 45.1 Å². The number of hydrogen-bond donors (Lipinski definition) is 1. The molecular formula is C13H11BrClN3O2. The summed E-state index contributed by atoms with van der Waals surface area (Å²) in [5.74, 6) is 0.247. The summed E-state index contributed by atoms with van der Waals surface area (Å²) in [7, 11) is 1.50. The molecule has 0 aliphatic rings. The Morgan fingerprint density at radius 1 is 1.35 bits per heavy atom. The van der Waals surface area contributed by atoms with Gasteiger partial charge in [0.15, 0.2) is 0 Å². The molecule has 7 heteroatoms. The highest BCUT2D eigenvalue weighted by Crippen LogP contribution is 2.24. The second-order valence-electron chi connectivity index (χ2n) is 3.95. The van der Waals surface area contributed by atoms with Gasteiger partial charge in [-0.3, -0.25) is 10.1 Å². The monoisotopic (exact) mass is 355 g/mol. The molecule has 0 aliphatic heterocycles. The summed E-state index contributed by atoms with van der Waals surface area (Å²) in [5, 5.41) is 2.87. The lowest BCUT2D eigenvalue weighted by molar-refractivity contribution is 0.102. The van der Waals surface area contributed by atoms with Crippen molar-refractivity contribution in [2.24, 2.45) is 0 Å². The summed E-state index contributed by atoms with van der Waals surface area (Å²) in [4.78, 5) is 20.2. The predicted molar refractivity (Wildman–Crippen MR) is 80.4 cm³/mol. The topological polar surface area (TPSA) is 64.1 Å². The van der Waals surface area contributed by atoms with Crippen LogP contribution in [0.1, 0.15) is 16.1 Å². The van der Waals surface area contributed by atoms with E-state index in [4.69, 9.17) is 16.3 Å². The number of halogens is 2. The van der Waals surface area contributed by atoms with Crippen LogP contribution in [0.4, 0.5) is 5.95 Å². The number of aryl methyl sites for hydroxylation is 1. The zero-order valence-corrected chi connectivity index (χ0v) is 13.1. The van der Waals surface area contributed by atoms with E-state index in [-0.39, 0.29) is 17.0 Å². The van der Waals surface area contributed by atoms with Crippen molar-refractivity contribution in [2.45, 2.75) is 6.92 Å². The van der Waals surface area contributed by atoms with E-state index in [1.165, 1.54) is 7.11 Å². The van der Waals surface area contributed by atoms with Gasteiger partial charge in [-0.05, 0) is 31.2 Å². The SMILES string of the molecule is COc1cc(Br)ccc1C(=O)Nc1nc(C)cc(Cl)n1. The van der Waals surface area contributed by atoms with Crippen LogP contribution in [0.15, 0.2) is 28.7 Å². The summed E-state index contributed by atoms with van der Waals surface area (Å²) in [6.45, 7) is 1.77. The van der Waals surface area contributed by atoms with Gasteiger partial charge in [-0.25, -0.2) is 9.97 Å². The Labute approximate surface area is 129 Å². The number of benzene rings is 1. The zero-order valence-electron chi connectivity index (χ0n) is 10.8. The lowest BCUT2D eigenvalue weighted by atomic mass is 10.2. The molecule has 1 aromatic heterocycles. The Balaban J connectivity index is 2.28. The largest absolute Gasteiger partial charge is 0.496 e. The van der Waals surface area contributed by atoms with Gasteiger partial charge in [-0.15, -0.1) is 0 Å². The van der Waals surface area contributed by atoms with Crippen LogP contribution in [0, 0.1) is 6.92 Å². The van der Waals surface area contributed by atoms with Crippen LogP contribution < -0.4 is 10.1 Å². The number of hydrogen-bond acceptors (Lipinski definition) is 4. The van der Waals surface area contributed by atoms with Crippen molar-refractivity contribution in [3.8, 4) is 5.75 Å². The highest BCUT2D eigenvalue weighted by atomic mass is 79.9. The number of amides is 1. The summed E-state index contributed by atoms with van der Waals surface area (Å²) >= 11 is 9.14. The molecule has 0 unspecified atom stereocenters. The maximum Gasteiger partial charge on any atom is 0.261 e. The molecule has 0 radical (unpaired) electrons. The lowest BCUT2D eigenvalue weighted by Crippen LogP contribution is -2.15. The average molecular weight is 357 g/mol. The van der Waals surface area contributed by atoms with Crippen molar-refractivity contribution in [1.82, 2.24) is 9.97 Å². The Bertz CT molecular complexity index is 644. The first kappa shape index (κ1) is 14.7. The van der Waals surface area contributed by atoms with Gasteiger partial charge in [0, 0.05) is 10.2 Å². The molecule has 5 nitrogen and oxygen atoms in total. The molecule has 0 fully saturated rings. The van der Waals surface area contributed by atoms with Gasteiger partial charge in [-0.2, -0.15) is 0 Å². The molecule has 0 bridgehead atoms. The van der Waals surface area contributed by atoms with Gasteiger partial charge in [0.25, 0.3) is 5.91 Å². The fourth-order valence-corrected chi connectivity index (χ4v) is 2.19. The van der Waals surface area contributed by atoms with Crippen LogP contribution in [0.3, 0.4) is 0 Å². The van der Waals surface area contributed by atoms with E-state index >= 15 is 0 Å². The van der Waals surface area contributed by atoms with Crippen molar-refractivity contribution in [1.29, 1.82) is 0 Å². The number of rotatable bonds is 3. The first-order chi connectivity index (χ1) is 9.49. The maximum atomic E-state index is 12.2. The van der Waals surface area contributed by atoms with E-state index in [1.54, 1.807) is 31.2 Å². The smallest absolute Gasteiger partial charge is 0.261 e. The third kappa shape index (κ3) is 3.46. The van der Waals surface area contributed by atoms with Crippen LogP contribution in [0.25, 0.3) is 0 Å². The van der Waals surface area contributed by atoms with Gasteiger partial charge < -0.3 is 4.74 Å². The second-order valence-corrected chi connectivity index (χ2v) is 5.26. The molecule has 2 rings (SSSR count). The minimum atomic E-state index is -0.365. The average Bonchev–Trinajstić information content (AvgIpc) is 2.37. The zero-order chi connectivity index (χ0) is 14.7. The molecule has 1 heterocycles. The molecule has 0 saturated carbocycles. The molecule has 104 valence electrons. The number of carbonyl (C=O) groups excluding carboxylic acids is 1. The summed E-state index contributed by atoms with van der Waals surface area (Å²) in [5.41, 5.74) is 1.06. The highest BCUT2D eigenvalue weighted by molar-refractivity contribution is 9.10. The third-order valence-electron chi connectivity index (χ3n) is 2.46. The second kappa shape index (κ2) is 6.19. The number of carbonyl (C=O) groups is 1. The Morgan fingerprint density at radius 2 is 2.10 bits per heavy atom. The predicted octanol–water partition coefficient (Wildman–Crippen LogP) is 3.46. The minimum absolute atomic E-state index is 0.157. The molecule has 1 N–H and O–H groups in total. The number of ether oxygens (including phenoxy) is 1. The van der Waals surface area contributed by atoms with E-state index in [9.17, 15) is 4.79 Å². The molecule has 1 amide bonds. The Morgan fingerprint density at radius 3 is 2.75 bits per heavy atom. The number of methoxy groups -OCH3 is 1. The fourth-order valence-electron chi connectivity index (χ4n) is 1.61. The molecule has 2 aromatic rings. The summed E-state index contributed by atoms with van der Waals surface area (Å²) in [6, 6.07) is 6.72. The van der Waals surface area contributed by atoms with Gasteiger partial charge in [0.2, 0.25) is 5.95 Å². The van der Waals surface area contributed by atoms with Crippen molar-refractivity contribution in [3.63, 3.8) is 0 Å². The van der Waals surface area contributed by atoms with Gasteiger partial charge in [0.05, 0.1) is 12.7 Å². The van der Waals surface area contributed by atoms with Gasteiger partial charge in [-0.1, -0.05) is 27.5 Å². The number of anilines is 1. The molecule has 0 aliphatic carbocycles. The first-order valence-electron chi connectivity index (χ1n) is 5.65. The maximum absolute atomic E-state index is 12.2. The van der Waals surface area contributed by atoms with Crippen molar-refractivity contribution < 1.29 is 9.53 Å². The molecular weight excluding hydrogens is 346 g/mol. The first-order valence-corrected chi connectivity index (χ1v) is 6.83. The highest BCUT2D eigenvalue weighted by Gasteiger charge is 2.14. The molecule has 0 spiro atoms. The minimum Gasteiger partial charge on any atom is -0.496 e. The molecule has 0 saturated heterocycles. The number of aromatic nitrogens is 2. The van der Waals surface area contributed by atoms with Crippen LogP contribution in [-0.4, -0.2) is 23.0 Å². The standard InChI is InChI=1S/C13H11BrClN3O2/c1-7-5-11(15)17-13(16-7)18-12(19)9-4-3-8(14)6-10(9)20-2/h3-6H,1-2H3,(H,16,17,18,19). The Hall–Kier alpha value is -1.66. The van der Waals surface area contributed by atoms with Gasteiger partial charge >= 0.3 is 0 Å². The summed E-state index contributed by atoms with van der Waals surface area (Å²) < 4.78 is 5.99. The van der Waals surface area contributed by atoms with E-state index in [1.807, 2.05) is 0 Å². The van der Waals surface area contributed by atoms with E-state index in [2.05, 4.69) is 31.2 Å². The molecule has 0 atom stereocenters. The van der Waals surface area contributed by atoms with Gasteiger partial charge in [0.1, 0.15) is 10.9 Å². The fraction of sp³-hybridized carbons (Fsp3) is 0.154. The van der Waals surface area contributed by atoms with Crippen molar-refractivity contribution in [2.75, 3.05) is 12.4 Å². The normalized spacial score (nSPS) is 10.2. The number of nitrogens with one attached hydrogen (secondary N) is 1. The third-order valence-corrected chi connectivity index (χ3v) is 3.14. The quantitative estimate of drug-likeness (QED) is 0.855. The lowest BCUT2D eigenvalue weighted by Gasteiger charge is -2.09. The van der Waals surface area contributed by atoms with Crippen molar-refractivity contribution >= 4 is 39.4 Å². The van der Waals surface area contributed by atoms with Crippen LogP contribution in [0.2, 0.25) is 5.15 Å². The Kier molecular flexibility index (Phi) is 4.57. The van der Waals surface area contributed by atoms with E-state index in [0.717, 1.165) is 4.47 Å². The summed E-state index contributed by atoms with van der Waals surface area (Å²) in [6.07, 6.45) is 0. The molecule has 20 heavy (non-hydrogen) atoms. The van der Waals surface area contributed by atoms with E-state index < -0.39 is 0 Å². The number of nitrogens with zero attached hydrogens (tertiary/aromatic N) is 2. The van der Waals surface area contributed by atoms with Crippen LogP contribution in [0.5, 0.6) is 5.75 Å².